The number of nitrogens with one attached hydrogen (secondary N) is 1. The first-order chi connectivity index (χ1) is 9.81. The molecule has 1 N–H and O–H groups in total. The third kappa shape index (κ3) is 3.05. The molecule has 2 aromatic heterocycles. The predicted molar refractivity (Wildman–Crippen MR) is 72.2 cm³/mol. The number of carbonyl (C=O) groups excluding carboxylic acids is 1. The van der Waals surface area contributed by atoms with Crippen LogP contribution in [0.25, 0.3) is 0 Å². The summed E-state index contributed by atoms with van der Waals surface area (Å²) in [6.45, 7) is 1.74. The Labute approximate surface area is 116 Å². The molecule has 0 bridgehead atoms. The lowest BCUT2D eigenvalue weighted by molar-refractivity contribution is -0.116. The normalized spacial score (nSPS) is 16.2. The van der Waals surface area contributed by atoms with Gasteiger partial charge in [0.25, 0.3) is 0 Å². The quantitative estimate of drug-likeness (QED) is 0.905. The van der Waals surface area contributed by atoms with Gasteiger partial charge in [-0.15, -0.1) is 0 Å². The van der Waals surface area contributed by atoms with Crippen LogP contribution in [-0.2, 0) is 16.1 Å². The third-order valence-electron chi connectivity index (χ3n) is 3.32. The van der Waals surface area contributed by atoms with Crippen molar-refractivity contribution >= 4 is 11.6 Å². The molecular weight excluding hydrogens is 258 g/mol. The number of amides is 1. The number of rotatable bonds is 4. The molecule has 20 heavy (non-hydrogen) atoms. The van der Waals surface area contributed by atoms with Crippen LogP contribution in [0.1, 0.15) is 18.9 Å². The third-order valence-corrected chi connectivity index (χ3v) is 3.32. The van der Waals surface area contributed by atoms with Gasteiger partial charge in [-0.3, -0.25) is 14.2 Å². The smallest absolute Gasteiger partial charge is 0.246 e. The number of carbonyl (C=O) groups is 1. The van der Waals surface area contributed by atoms with Crippen molar-refractivity contribution in [3.63, 3.8) is 0 Å². The molecule has 1 aliphatic rings. The highest BCUT2D eigenvalue weighted by molar-refractivity contribution is 5.90. The summed E-state index contributed by atoms with van der Waals surface area (Å²) in [5.74, 6) is -0.111. The minimum Gasteiger partial charge on any atom is -0.381 e. The minimum atomic E-state index is -0.111. The van der Waals surface area contributed by atoms with Gasteiger partial charge in [0.2, 0.25) is 5.91 Å². The van der Waals surface area contributed by atoms with E-state index in [1.165, 1.54) is 0 Å². The second kappa shape index (κ2) is 5.87. The van der Waals surface area contributed by atoms with E-state index in [-0.39, 0.29) is 12.5 Å². The van der Waals surface area contributed by atoms with E-state index in [0.717, 1.165) is 26.1 Å². The van der Waals surface area contributed by atoms with Crippen LogP contribution in [-0.4, -0.2) is 38.7 Å². The van der Waals surface area contributed by atoms with Crippen molar-refractivity contribution in [3.05, 3.63) is 30.9 Å². The lowest BCUT2D eigenvalue weighted by Gasteiger charge is -2.22. The molecule has 106 valence electrons. The van der Waals surface area contributed by atoms with Crippen LogP contribution in [0.15, 0.2) is 30.9 Å². The largest absolute Gasteiger partial charge is 0.381 e. The van der Waals surface area contributed by atoms with E-state index < -0.39 is 0 Å². The molecule has 1 amide bonds. The minimum absolute atomic E-state index is 0.111. The van der Waals surface area contributed by atoms with Gasteiger partial charge >= 0.3 is 0 Å². The van der Waals surface area contributed by atoms with E-state index in [1.807, 2.05) is 10.9 Å². The van der Waals surface area contributed by atoms with Crippen molar-refractivity contribution in [3.8, 4) is 0 Å². The molecule has 0 unspecified atom stereocenters. The van der Waals surface area contributed by atoms with Gasteiger partial charge in [-0.05, 0) is 18.9 Å². The molecule has 0 aliphatic carbocycles. The molecule has 0 atom stereocenters. The summed E-state index contributed by atoms with van der Waals surface area (Å²) in [6, 6.07) is 2.15. The van der Waals surface area contributed by atoms with Crippen LogP contribution in [0.2, 0.25) is 0 Å². The molecule has 1 fully saturated rings. The summed E-state index contributed by atoms with van der Waals surface area (Å²) < 4.78 is 8.82. The number of aromatic nitrogens is 4. The lowest BCUT2D eigenvalue weighted by Crippen LogP contribution is -2.20. The Morgan fingerprint density at radius 2 is 2.25 bits per heavy atom. The van der Waals surface area contributed by atoms with Crippen molar-refractivity contribution < 1.29 is 9.53 Å². The second-order valence-corrected chi connectivity index (χ2v) is 4.80. The summed E-state index contributed by atoms with van der Waals surface area (Å²) in [5.41, 5.74) is 0.716. The zero-order valence-corrected chi connectivity index (χ0v) is 11.1. The average molecular weight is 275 g/mol. The van der Waals surface area contributed by atoms with Crippen LogP contribution in [0.3, 0.4) is 0 Å². The first kappa shape index (κ1) is 12.9. The van der Waals surface area contributed by atoms with Crippen molar-refractivity contribution in [1.82, 2.24) is 19.6 Å². The highest BCUT2D eigenvalue weighted by atomic mass is 16.5. The topological polar surface area (TPSA) is 74.0 Å². The van der Waals surface area contributed by atoms with Crippen molar-refractivity contribution in [2.24, 2.45) is 0 Å². The van der Waals surface area contributed by atoms with Crippen LogP contribution < -0.4 is 5.32 Å². The van der Waals surface area contributed by atoms with Crippen molar-refractivity contribution in [2.45, 2.75) is 25.4 Å². The van der Waals surface area contributed by atoms with Gasteiger partial charge in [0.15, 0.2) is 0 Å². The molecule has 1 saturated heterocycles. The standard InChI is InChI=1S/C13H17N5O2/c19-13(10-17-5-1-4-14-17)16-11-8-15-18(9-11)12-2-6-20-7-3-12/h1,4-5,8-9,12H,2-3,6-7,10H2,(H,16,19). The lowest BCUT2D eigenvalue weighted by atomic mass is 10.1. The summed E-state index contributed by atoms with van der Waals surface area (Å²) in [4.78, 5) is 11.8. The Morgan fingerprint density at radius 3 is 3.00 bits per heavy atom. The molecule has 1 aliphatic heterocycles. The van der Waals surface area contributed by atoms with Gasteiger partial charge in [0.1, 0.15) is 6.54 Å². The zero-order chi connectivity index (χ0) is 13.8. The fourth-order valence-electron chi connectivity index (χ4n) is 2.29. The highest BCUT2D eigenvalue weighted by Crippen LogP contribution is 2.21. The monoisotopic (exact) mass is 275 g/mol. The molecule has 3 rings (SSSR count). The molecular formula is C13H17N5O2. The van der Waals surface area contributed by atoms with Gasteiger partial charge in [0.05, 0.1) is 17.9 Å². The van der Waals surface area contributed by atoms with Gasteiger partial charge in [-0.2, -0.15) is 10.2 Å². The summed E-state index contributed by atoms with van der Waals surface area (Å²) >= 11 is 0. The van der Waals surface area contributed by atoms with Gasteiger partial charge in [0, 0.05) is 31.8 Å². The molecule has 7 heteroatoms. The Hall–Kier alpha value is -2.15. The van der Waals surface area contributed by atoms with Crippen LogP contribution in [0.4, 0.5) is 5.69 Å². The average Bonchev–Trinajstić information content (AvgIpc) is 3.11. The van der Waals surface area contributed by atoms with E-state index in [9.17, 15) is 4.79 Å². The van der Waals surface area contributed by atoms with Crippen LogP contribution in [0, 0.1) is 0 Å². The Balaban J connectivity index is 1.57. The van der Waals surface area contributed by atoms with Crippen LogP contribution in [0.5, 0.6) is 0 Å². The van der Waals surface area contributed by atoms with E-state index >= 15 is 0 Å². The van der Waals surface area contributed by atoms with Gasteiger partial charge in [-0.1, -0.05) is 0 Å². The fraction of sp³-hybridized carbons (Fsp3) is 0.462. The van der Waals surface area contributed by atoms with Crippen molar-refractivity contribution in [2.75, 3.05) is 18.5 Å². The summed E-state index contributed by atoms with van der Waals surface area (Å²) in [7, 11) is 0. The molecule has 0 aromatic carbocycles. The number of ether oxygens (including phenoxy) is 1. The van der Waals surface area contributed by atoms with Crippen molar-refractivity contribution in [1.29, 1.82) is 0 Å². The van der Waals surface area contributed by atoms with E-state index in [1.54, 1.807) is 29.3 Å². The molecule has 0 spiro atoms. The molecule has 7 nitrogen and oxygen atoms in total. The molecule has 2 aromatic rings. The maximum absolute atomic E-state index is 11.8. The Kier molecular flexibility index (Phi) is 3.78. The SMILES string of the molecule is O=C(Cn1cccn1)Nc1cnn(C2CCOCC2)c1. The Morgan fingerprint density at radius 1 is 1.40 bits per heavy atom. The maximum atomic E-state index is 11.8. The second-order valence-electron chi connectivity index (χ2n) is 4.80. The maximum Gasteiger partial charge on any atom is 0.246 e. The summed E-state index contributed by atoms with van der Waals surface area (Å²) in [6.07, 6.45) is 8.87. The number of nitrogens with zero attached hydrogens (tertiary/aromatic N) is 4. The van der Waals surface area contributed by atoms with Gasteiger partial charge < -0.3 is 10.1 Å². The molecule has 3 heterocycles. The van der Waals surface area contributed by atoms with Gasteiger partial charge in [-0.25, -0.2) is 0 Å². The molecule has 0 radical (unpaired) electrons. The number of anilines is 1. The zero-order valence-electron chi connectivity index (χ0n) is 11.1. The first-order valence-electron chi connectivity index (χ1n) is 6.70. The molecule has 0 saturated carbocycles. The first-order valence-corrected chi connectivity index (χ1v) is 6.70. The van der Waals surface area contributed by atoms with E-state index in [0.29, 0.717) is 11.7 Å². The Bertz CT molecular complexity index is 557. The summed E-state index contributed by atoms with van der Waals surface area (Å²) in [5, 5.41) is 11.1. The predicted octanol–water partition coefficient (Wildman–Crippen LogP) is 1.07. The van der Waals surface area contributed by atoms with E-state index in [4.69, 9.17) is 4.74 Å². The van der Waals surface area contributed by atoms with Crippen LogP contribution >= 0.6 is 0 Å². The van der Waals surface area contributed by atoms with E-state index in [2.05, 4.69) is 15.5 Å². The highest BCUT2D eigenvalue weighted by Gasteiger charge is 2.16. The fourth-order valence-corrected chi connectivity index (χ4v) is 2.29. The number of hydrogen-bond acceptors (Lipinski definition) is 4. The number of hydrogen-bond donors (Lipinski definition) is 1.